The van der Waals surface area contributed by atoms with E-state index in [9.17, 15) is 22.4 Å². The molecule has 1 atom stereocenters. The average Bonchev–Trinajstić information content (AvgIpc) is 2.96. The third kappa shape index (κ3) is 8.20. The summed E-state index contributed by atoms with van der Waals surface area (Å²) in [5.74, 6) is -0.871. The van der Waals surface area contributed by atoms with E-state index in [-0.39, 0.29) is 34.0 Å². The predicted octanol–water partition coefficient (Wildman–Crippen LogP) is 5.26. The van der Waals surface area contributed by atoms with Crippen molar-refractivity contribution in [3.05, 3.63) is 89.2 Å². The van der Waals surface area contributed by atoms with Gasteiger partial charge in [-0.25, -0.2) is 12.8 Å². The van der Waals surface area contributed by atoms with Gasteiger partial charge in [0.05, 0.1) is 22.7 Å². The molecule has 41 heavy (non-hydrogen) atoms. The molecule has 0 saturated carbocycles. The summed E-state index contributed by atoms with van der Waals surface area (Å²) >= 11 is 6.00. The summed E-state index contributed by atoms with van der Waals surface area (Å²) < 4.78 is 47.7. The molecule has 0 saturated heterocycles. The second-order valence-corrected chi connectivity index (χ2v) is 12.1. The summed E-state index contributed by atoms with van der Waals surface area (Å²) in [7, 11) is -2.74. The lowest BCUT2D eigenvalue weighted by Crippen LogP contribution is -2.52. The third-order valence-electron chi connectivity index (χ3n) is 6.38. The summed E-state index contributed by atoms with van der Waals surface area (Å²) in [6.45, 7) is 5.51. The lowest BCUT2D eigenvalue weighted by atomic mass is 10.1. The van der Waals surface area contributed by atoms with Gasteiger partial charge in [0.15, 0.2) is 0 Å². The van der Waals surface area contributed by atoms with E-state index < -0.39 is 34.3 Å². The SMILES string of the molecule is CC[C@@H](C(=O)NCC(C)C)N(Cc1ccc(OC)cc1)C(=O)CN(c1ccc(F)c(Cl)c1)S(=O)(=O)c1ccccc1. The second kappa shape index (κ2) is 14.3. The Morgan fingerprint density at radius 1 is 1.02 bits per heavy atom. The minimum absolute atomic E-state index is 0.00954. The number of nitrogens with zero attached hydrogens (tertiary/aromatic N) is 2. The zero-order valence-corrected chi connectivity index (χ0v) is 25.1. The van der Waals surface area contributed by atoms with Crippen LogP contribution in [0.3, 0.4) is 0 Å². The lowest BCUT2D eigenvalue weighted by Gasteiger charge is -2.33. The molecular weight excluding hydrogens is 569 g/mol. The molecule has 8 nitrogen and oxygen atoms in total. The molecule has 3 rings (SSSR count). The van der Waals surface area contributed by atoms with Crippen molar-refractivity contribution in [1.82, 2.24) is 10.2 Å². The monoisotopic (exact) mass is 603 g/mol. The number of amides is 2. The summed E-state index contributed by atoms with van der Waals surface area (Å²) in [5, 5.41) is 2.59. The van der Waals surface area contributed by atoms with Crippen LogP contribution in [0.5, 0.6) is 5.75 Å². The first kappa shape index (κ1) is 31.9. The van der Waals surface area contributed by atoms with Crippen LogP contribution >= 0.6 is 11.6 Å². The van der Waals surface area contributed by atoms with E-state index in [4.69, 9.17) is 16.3 Å². The molecule has 220 valence electrons. The van der Waals surface area contributed by atoms with E-state index in [1.165, 1.54) is 23.1 Å². The topological polar surface area (TPSA) is 96.0 Å². The van der Waals surface area contributed by atoms with Crippen LogP contribution < -0.4 is 14.4 Å². The van der Waals surface area contributed by atoms with Crippen LogP contribution in [0, 0.1) is 11.7 Å². The van der Waals surface area contributed by atoms with Crippen LogP contribution in [-0.2, 0) is 26.2 Å². The number of rotatable bonds is 13. The normalized spacial score (nSPS) is 12.1. The van der Waals surface area contributed by atoms with Gasteiger partial charge in [-0.3, -0.25) is 13.9 Å². The van der Waals surface area contributed by atoms with Crippen molar-refractivity contribution in [3.63, 3.8) is 0 Å². The van der Waals surface area contributed by atoms with E-state index in [0.717, 1.165) is 22.0 Å². The standard InChI is InChI=1S/C30H35ClFN3O5S/c1-5-28(30(37)33-18-21(2)3)34(19-22-11-14-24(40-4)15-12-22)29(36)20-35(23-13-16-27(32)26(31)17-23)41(38,39)25-9-7-6-8-10-25/h6-17,21,28H,5,18-20H2,1-4H3,(H,33,37)/t28-/m0/s1. The molecule has 0 radical (unpaired) electrons. The van der Waals surface area contributed by atoms with Crippen molar-refractivity contribution >= 4 is 39.1 Å². The van der Waals surface area contributed by atoms with E-state index in [1.807, 2.05) is 13.8 Å². The van der Waals surface area contributed by atoms with Crippen molar-refractivity contribution in [2.45, 2.75) is 44.7 Å². The Morgan fingerprint density at radius 2 is 1.68 bits per heavy atom. The van der Waals surface area contributed by atoms with Crippen molar-refractivity contribution in [3.8, 4) is 5.75 Å². The number of benzene rings is 3. The fourth-order valence-electron chi connectivity index (χ4n) is 4.16. The Bertz CT molecular complexity index is 1440. The Labute approximate surface area is 246 Å². The highest BCUT2D eigenvalue weighted by Gasteiger charge is 2.34. The number of sulfonamides is 1. The Kier molecular flexibility index (Phi) is 11.1. The summed E-state index contributed by atoms with van der Waals surface area (Å²) in [6, 6.07) is 17.2. The first-order chi connectivity index (χ1) is 19.5. The lowest BCUT2D eigenvalue weighted by molar-refractivity contribution is -0.140. The second-order valence-electron chi connectivity index (χ2n) is 9.86. The minimum atomic E-state index is -4.28. The number of carbonyl (C=O) groups excluding carboxylic acids is 2. The number of carbonyl (C=O) groups is 2. The Morgan fingerprint density at radius 3 is 2.24 bits per heavy atom. The van der Waals surface area contributed by atoms with Gasteiger partial charge in [0.25, 0.3) is 10.0 Å². The molecule has 0 spiro atoms. The van der Waals surface area contributed by atoms with Crippen molar-refractivity contribution in [1.29, 1.82) is 0 Å². The highest BCUT2D eigenvalue weighted by molar-refractivity contribution is 7.92. The van der Waals surface area contributed by atoms with Crippen molar-refractivity contribution in [2.75, 3.05) is 24.5 Å². The average molecular weight is 604 g/mol. The quantitative estimate of drug-likeness (QED) is 0.287. The van der Waals surface area contributed by atoms with Crippen LogP contribution in [0.15, 0.2) is 77.7 Å². The van der Waals surface area contributed by atoms with Gasteiger partial charge in [-0.1, -0.05) is 62.7 Å². The number of hydrogen-bond donors (Lipinski definition) is 1. The van der Waals surface area contributed by atoms with E-state index in [1.54, 1.807) is 56.5 Å². The van der Waals surface area contributed by atoms with E-state index >= 15 is 0 Å². The molecule has 0 bridgehead atoms. The molecule has 0 aromatic heterocycles. The smallest absolute Gasteiger partial charge is 0.264 e. The van der Waals surface area contributed by atoms with E-state index in [2.05, 4.69) is 5.32 Å². The van der Waals surface area contributed by atoms with Gasteiger partial charge in [-0.15, -0.1) is 0 Å². The van der Waals surface area contributed by atoms with E-state index in [0.29, 0.717) is 18.7 Å². The van der Waals surface area contributed by atoms with Crippen molar-refractivity contribution < 1.29 is 27.1 Å². The van der Waals surface area contributed by atoms with Crippen LogP contribution in [0.1, 0.15) is 32.8 Å². The Balaban J connectivity index is 2.05. The maximum absolute atomic E-state index is 14.0. The zero-order valence-electron chi connectivity index (χ0n) is 23.5. The summed E-state index contributed by atoms with van der Waals surface area (Å²) in [6.07, 6.45) is 0.291. The van der Waals surface area contributed by atoms with Crippen LogP contribution in [0.4, 0.5) is 10.1 Å². The maximum atomic E-state index is 14.0. The number of nitrogens with one attached hydrogen (secondary N) is 1. The fraction of sp³-hybridized carbons (Fsp3) is 0.333. The number of ether oxygens (including phenoxy) is 1. The molecule has 0 fully saturated rings. The molecule has 3 aromatic rings. The molecule has 0 heterocycles. The predicted molar refractivity (Wildman–Crippen MR) is 158 cm³/mol. The minimum Gasteiger partial charge on any atom is -0.497 e. The maximum Gasteiger partial charge on any atom is 0.264 e. The zero-order chi connectivity index (χ0) is 30.2. The molecule has 0 aliphatic rings. The molecular formula is C30H35ClFN3O5S. The van der Waals surface area contributed by atoms with Gasteiger partial charge < -0.3 is 15.0 Å². The van der Waals surface area contributed by atoms with Gasteiger partial charge in [0.1, 0.15) is 24.2 Å². The number of hydrogen-bond acceptors (Lipinski definition) is 5. The van der Waals surface area contributed by atoms with Gasteiger partial charge in [0, 0.05) is 13.1 Å². The van der Waals surface area contributed by atoms with Gasteiger partial charge >= 0.3 is 0 Å². The molecule has 1 N–H and O–H groups in total. The van der Waals surface area contributed by atoms with Gasteiger partial charge in [-0.2, -0.15) is 0 Å². The Hall–Kier alpha value is -3.63. The van der Waals surface area contributed by atoms with Crippen LogP contribution in [0.2, 0.25) is 5.02 Å². The fourth-order valence-corrected chi connectivity index (χ4v) is 5.76. The molecule has 11 heteroatoms. The van der Waals surface area contributed by atoms with Gasteiger partial charge in [-0.05, 0) is 60.4 Å². The number of halogens is 2. The third-order valence-corrected chi connectivity index (χ3v) is 8.46. The first-order valence-corrected chi connectivity index (χ1v) is 15.0. The highest BCUT2D eigenvalue weighted by atomic mass is 35.5. The van der Waals surface area contributed by atoms with Gasteiger partial charge in [0.2, 0.25) is 11.8 Å². The summed E-state index contributed by atoms with van der Waals surface area (Å²) in [5.41, 5.74) is 0.729. The molecule has 3 aromatic carbocycles. The molecule has 0 aliphatic carbocycles. The molecule has 2 amide bonds. The first-order valence-electron chi connectivity index (χ1n) is 13.2. The molecule has 0 unspecified atom stereocenters. The largest absolute Gasteiger partial charge is 0.497 e. The van der Waals surface area contributed by atoms with Crippen LogP contribution in [0.25, 0.3) is 0 Å². The summed E-state index contributed by atoms with van der Waals surface area (Å²) in [4.78, 5) is 28.6. The van der Waals surface area contributed by atoms with Crippen LogP contribution in [-0.4, -0.2) is 51.4 Å². The number of methoxy groups -OCH3 is 1. The number of anilines is 1. The van der Waals surface area contributed by atoms with Crippen molar-refractivity contribution in [2.24, 2.45) is 5.92 Å². The molecule has 0 aliphatic heterocycles. The highest BCUT2D eigenvalue weighted by Crippen LogP contribution is 2.28.